The molecule has 0 aliphatic carbocycles. The fraction of sp³-hybridized carbons (Fsp3) is 0.438. The Bertz CT molecular complexity index is 568. The van der Waals surface area contributed by atoms with Gasteiger partial charge in [-0.05, 0) is 18.9 Å². The number of hydrogen-bond acceptors (Lipinski definition) is 3. The highest BCUT2D eigenvalue weighted by molar-refractivity contribution is 7.90. The summed E-state index contributed by atoms with van der Waals surface area (Å²) in [5.74, 6) is 0.918. The Morgan fingerprint density at radius 1 is 1.27 bits per heavy atom. The van der Waals surface area contributed by atoms with E-state index >= 15 is 0 Å². The average molecular weight is 323 g/mol. The molecule has 0 atom stereocenters. The molecule has 0 saturated heterocycles. The van der Waals surface area contributed by atoms with Crippen molar-refractivity contribution >= 4 is 15.8 Å². The monoisotopic (exact) mass is 323 g/mol. The number of guanidine groups is 1. The lowest BCUT2D eigenvalue weighted by Gasteiger charge is -2.09. The molecule has 0 unspecified atom stereocenters. The SMILES string of the molecule is C=CCNC(=NCCCS(=O)(=O)Cc1ccccc1)NCC. The smallest absolute Gasteiger partial charge is 0.191 e. The van der Waals surface area contributed by atoms with Crippen molar-refractivity contribution < 1.29 is 8.42 Å². The highest BCUT2D eigenvalue weighted by Crippen LogP contribution is 2.07. The summed E-state index contributed by atoms with van der Waals surface area (Å²) in [5.41, 5.74) is 0.826. The summed E-state index contributed by atoms with van der Waals surface area (Å²) in [5, 5.41) is 6.18. The van der Waals surface area contributed by atoms with E-state index in [-0.39, 0.29) is 11.5 Å². The molecule has 0 saturated carbocycles. The number of nitrogens with one attached hydrogen (secondary N) is 2. The topological polar surface area (TPSA) is 70.6 Å². The van der Waals surface area contributed by atoms with Gasteiger partial charge in [-0.2, -0.15) is 0 Å². The minimum atomic E-state index is -3.09. The molecule has 1 aromatic carbocycles. The number of nitrogens with zero attached hydrogens (tertiary/aromatic N) is 1. The standard InChI is InChI=1S/C16H25N3O2S/c1-3-11-18-16(17-4-2)19-12-8-13-22(20,21)14-15-9-6-5-7-10-15/h3,5-7,9-10H,1,4,8,11-14H2,2H3,(H2,17,18,19). The first-order chi connectivity index (χ1) is 10.6. The molecule has 122 valence electrons. The Kier molecular flexibility index (Phi) is 8.28. The zero-order valence-corrected chi connectivity index (χ0v) is 13.9. The predicted molar refractivity (Wildman–Crippen MR) is 92.7 cm³/mol. The number of sulfone groups is 1. The van der Waals surface area contributed by atoms with Crippen molar-refractivity contribution in [3.05, 3.63) is 48.6 Å². The molecule has 1 rings (SSSR count). The van der Waals surface area contributed by atoms with Crippen LogP contribution in [0.4, 0.5) is 0 Å². The van der Waals surface area contributed by atoms with Crippen LogP contribution in [0.2, 0.25) is 0 Å². The summed E-state index contributed by atoms with van der Waals surface area (Å²) in [4.78, 5) is 4.34. The van der Waals surface area contributed by atoms with Gasteiger partial charge in [0, 0.05) is 19.6 Å². The third-order valence-corrected chi connectivity index (χ3v) is 4.55. The van der Waals surface area contributed by atoms with E-state index in [2.05, 4.69) is 22.2 Å². The van der Waals surface area contributed by atoms with Gasteiger partial charge >= 0.3 is 0 Å². The van der Waals surface area contributed by atoms with Crippen LogP contribution in [0, 0.1) is 0 Å². The maximum Gasteiger partial charge on any atom is 0.191 e. The van der Waals surface area contributed by atoms with E-state index in [0.29, 0.717) is 25.5 Å². The van der Waals surface area contributed by atoms with Crippen molar-refractivity contribution in [2.24, 2.45) is 4.99 Å². The molecule has 0 aromatic heterocycles. The number of aliphatic imine (C=N–C) groups is 1. The Hall–Kier alpha value is -1.82. The lowest BCUT2D eigenvalue weighted by atomic mass is 10.2. The molecule has 0 aliphatic rings. The third kappa shape index (κ3) is 7.83. The van der Waals surface area contributed by atoms with Crippen molar-refractivity contribution in [2.45, 2.75) is 19.1 Å². The van der Waals surface area contributed by atoms with Gasteiger partial charge in [-0.1, -0.05) is 36.4 Å². The molecule has 0 aliphatic heterocycles. The van der Waals surface area contributed by atoms with Crippen molar-refractivity contribution in [3.63, 3.8) is 0 Å². The third-order valence-electron chi connectivity index (χ3n) is 2.87. The molecule has 1 aromatic rings. The molecule has 0 fully saturated rings. The van der Waals surface area contributed by atoms with E-state index in [4.69, 9.17) is 0 Å². The van der Waals surface area contributed by atoms with Gasteiger partial charge in [-0.15, -0.1) is 6.58 Å². The predicted octanol–water partition coefficient (Wildman–Crippen LogP) is 1.73. The average Bonchev–Trinajstić information content (AvgIpc) is 2.49. The molecule has 5 nitrogen and oxygen atoms in total. The van der Waals surface area contributed by atoms with Crippen LogP contribution in [0.3, 0.4) is 0 Å². The van der Waals surface area contributed by atoms with E-state index in [0.717, 1.165) is 12.1 Å². The normalized spacial score (nSPS) is 12.0. The van der Waals surface area contributed by atoms with E-state index in [1.807, 2.05) is 37.3 Å². The van der Waals surface area contributed by atoms with Crippen LogP contribution in [0.25, 0.3) is 0 Å². The Morgan fingerprint density at radius 2 is 2.00 bits per heavy atom. The van der Waals surface area contributed by atoms with Crippen LogP contribution in [0.15, 0.2) is 48.0 Å². The maximum absolute atomic E-state index is 12.0. The van der Waals surface area contributed by atoms with Crippen molar-refractivity contribution in [3.8, 4) is 0 Å². The first-order valence-corrected chi connectivity index (χ1v) is 9.27. The zero-order valence-electron chi connectivity index (χ0n) is 13.1. The van der Waals surface area contributed by atoms with Crippen LogP contribution in [-0.4, -0.2) is 39.8 Å². The Labute approximate surface area is 133 Å². The number of benzene rings is 1. The molecule has 0 amide bonds. The van der Waals surface area contributed by atoms with Gasteiger partial charge in [0.1, 0.15) is 0 Å². The van der Waals surface area contributed by atoms with Gasteiger partial charge in [0.05, 0.1) is 11.5 Å². The molecular weight excluding hydrogens is 298 g/mol. The second kappa shape index (κ2) is 10.00. The van der Waals surface area contributed by atoms with Gasteiger partial charge in [-0.25, -0.2) is 8.42 Å². The lowest BCUT2D eigenvalue weighted by Crippen LogP contribution is -2.37. The number of hydrogen-bond donors (Lipinski definition) is 2. The van der Waals surface area contributed by atoms with Crippen molar-refractivity contribution in [2.75, 3.05) is 25.4 Å². The largest absolute Gasteiger partial charge is 0.357 e. The summed E-state index contributed by atoms with van der Waals surface area (Å²) in [6.45, 7) is 7.47. The molecule has 0 bridgehead atoms. The van der Waals surface area contributed by atoms with Gasteiger partial charge in [0.15, 0.2) is 15.8 Å². The van der Waals surface area contributed by atoms with Gasteiger partial charge < -0.3 is 10.6 Å². The highest BCUT2D eigenvalue weighted by Gasteiger charge is 2.11. The summed E-state index contributed by atoms with van der Waals surface area (Å²) in [6, 6.07) is 9.24. The first kappa shape index (κ1) is 18.2. The quantitative estimate of drug-likeness (QED) is 0.314. The zero-order chi connectivity index (χ0) is 16.3. The summed E-state index contributed by atoms with van der Waals surface area (Å²) >= 11 is 0. The van der Waals surface area contributed by atoms with E-state index in [9.17, 15) is 8.42 Å². The van der Waals surface area contributed by atoms with Gasteiger partial charge in [-0.3, -0.25) is 4.99 Å². The van der Waals surface area contributed by atoms with Crippen LogP contribution in [-0.2, 0) is 15.6 Å². The van der Waals surface area contributed by atoms with Crippen molar-refractivity contribution in [1.29, 1.82) is 0 Å². The molecule has 2 N–H and O–H groups in total. The summed E-state index contributed by atoms with van der Waals surface area (Å²) in [6.07, 6.45) is 2.26. The molecule has 6 heteroatoms. The van der Waals surface area contributed by atoms with Crippen LogP contribution >= 0.6 is 0 Å². The lowest BCUT2D eigenvalue weighted by molar-refractivity contribution is 0.592. The van der Waals surface area contributed by atoms with Gasteiger partial charge in [0.25, 0.3) is 0 Å². The molecule has 0 spiro atoms. The van der Waals surface area contributed by atoms with Gasteiger partial charge in [0.2, 0.25) is 0 Å². The fourth-order valence-corrected chi connectivity index (χ4v) is 3.30. The minimum absolute atomic E-state index is 0.0896. The van der Waals surface area contributed by atoms with E-state index in [1.165, 1.54) is 0 Å². The van der Waals surface area contributed by atoms with Crippen LogP contribution in [0.1, 0.15) is 18.9 Å². The highest BCUT2D eigenvalue weighted by atomic mass is 32.2. The van der Waals surface area contributed by atoms with Crippen LogP contribution in [0.5, 0.6) is 0 Å². The molecule has 0 heterocycles. The second-order valence-electron chi connectivity index (χ2n) is 4.86. The maximum atomic E-state index is 12.0. The van der Waals surface area contributed by atoms with Crippen molar-refractivity contribution in [1.82, 2.24) is 10.6 Å². The fourth-order valence-electron chi connectivity index (χ4n) is 1.89. The molecule has 0 radical (unpaired) electrons. The Balaban J connectivity index is 2.42. The second-order valence-corrected chi connectivity index (χ2v) is 7.05. The van der Waals surface area contributed by atoms with Crippen LogP contribution < -0.4 is 10.6 Å². The van der Waals surface area contributed by atoms with E-state index in [1.54, 1.807) is 6.08 Å². The Morgan fingerprint density at radius 3 is 2.64 bits per heavy atom. The van der Waals surface area contributed by atoms with E-state index < -0.39 is 9.84 Å². The molecular formula is C16H25N3O2S. The summed E-state index contributed by atoms with van der Waals surface area (Å²) in [7, 11) is -3.09. The summed E-state index contributed by atoms with van der Waals surface area (Å²) < 4.78 is 24.1. The number of rotatable bonds is 9. The minimum Gasteiger partial charge on any atom is -0.357 e. The molecule has 22 heavy (non-hydrogen) atoms. The first-order valence-electron chi connectivity index (χ1n) is 7.45.